The number of pyridine rings is 1. The molecule has 0 aliphatic carbocycles. The summed E-state index contributed by atoms with van der Waals surface area (Å²) >= 11 is 1.35. The van der Waals surface area contributed by atoms with Crippen LogP contribution in [0.5, 0.6) is 0 Å². The average molecular weight is 316 g/mol. The van der Waals surface area contributed by atoms with E-state index in [1.54, 1.807) is 23.2 Å². The van der Waals surface area contributed by atoms with Crippen molar-refractivity contribution in [1.82, 2.24) is 9.97 Å². The highest BCUT2D eigenvalue weighted by Crippen LogP contribution is 2.32. The van der Waals surface area contributed by atoms with E-state index in [1.165, 1.54) is 18.3 Å². The van der Waals surface area contributed by atoms with Crippen LogP contribution in [0.15, 0.2) is 18.3 Å². The van der Waals surface area contributed by atoms with Crippen molar-refractivity contribution in [3.8, 4) is 0 Å². The lowest BCUT2D eigenvalue weighted by atomic mass is 10.2. The molecule has 0 bridgehead atoms. The maximum atomic E-state index is 12.4. The lowest BCUT2D eigenvalue weighted by Crippen LogP contribution is -2.33. The molecule has 1 aliphatic rings. The van der Waals surface area contributed by atoms with Crippen LogP contribution in [0.3, 0.4) is 0 Å². The molecule has 22 heavy (non-hydrogen) atoms. The summed E-state index contributed by atoms with van der Waals surface area (Å²) in [7, 11) is 0. The Morgan fingerprint density at radius 1 is 1.41 bits per heavy atom. The zero-order valence-corrected chi connectivity index (χ0v) is 13.2. The quantitative estimate of drug-likeness (QED) is 0.923. The Balaban J connectivity index is 1.86. The number of carbonyl (C=O) groups excluding carboxylic acids is 2. The topological polar surface area (TPSA) is 75.2 Å². The van der Waals surface area contributed by atoms with Gasteiger partial charge in [-0.1, -0.05) is 0 Å². The third-order valence-electron chi connectivity index (χ3n) is 3.55. The van der Waals surface area contributed by atoms with Crippen molar-refractivity contribution < 1.29 is 9.59 Å². The van der Waals surface area contributed by atoms with Gasteiger partial charge < -0.3 is 5.32 Å². The number of aromatic nitrogens is 2. The molecular formula is C15H16N4O2S. The Bertz CT molecular complexity index is 741. The standard InChI is InChI=1S/C15H16N4O2S/c1-9-11(5-3-7-16-9)17-14(21)15-18-13-12(22-15)6-4-8-19(13)10(2)20/h3,5,7H,4,6,8H2,1-2H3,(H,17,21). The molecule has 7 heteroatoms. The summed E-state index contributed by atoms with van der Waals surface area (Å²) in [5.74, 6) is 0.331. The van der Waals surface area contributed by atoms with E-state index in [2.05, 4.69) is 15.3 Å². The normalized spacial score (nSPS) is 13.6. The minimum atomic E-state index is -0.265. The molecular weight excluding hydrogens is 300 g/mol. The summed E-state index contributed by atoms with van der Waals surface area (Å²) in [6.45, 7) is 4.02. The minimum Gasteiger partial charge on any atom is -0.318 e. The van der Waals surface area contributed by atoms with Gasteiger partial charge in [0.2, 0.25) is 5.91 Å². The van der Waals surface area contributed by atoms with E-state index >= 15 is 0 Å². The summed E-state index contributed by atoms with van der Waals surface area (Å²) in [5.41, 5.74) is 1.42. The molecule has 2 aromatic rings. The smallest absolute Gasteiger partial charge is 0.284 e. The van der Waals surface area contributed by atoms with Gasteiger partial charge in [-0.2, -0.15) is 0 Å². The molecule has 114 valence electrons. The number of nitrogens with one attached hydrogen (secondary N) is 1. The highest BCUT2D eigenvalue weighted by atomic mass is 32.1. The predicted molar refractivity (Wildman–Crippen MR) is 85.4 cm³/mol. The Morgan fingerprint density at radius 3 is 2.95 bits per heavy atom. The van der Waals surface area contributed by atoms with E-state index in [1.807, 2.05) is 6.92 Å². The number of thiazole rings is 1. The molecule has 0 fully saturated rings. The fourth-order valence-corrected chi connectivity index (χ4v) is 3.42. The van der Waals surface area contributed by atoms with E-state index in [0.717, 1.165) is 23.4 Å². The van der Waals surface area contributed by atoms with Crippen molar-refractivity contribution in [2.45, 2.75) is 26.7 Å². The second-order valence-corrected chi connectivity index (χ2v) is 6.21. The molecule has 0 radical (unpaired) electrons. The number of hydrogen-bond acceptors (Lipinski definition) is 5. The van der Waals surface area contributed by atoms with Crippen LogP contribution in [0.4, 0.5) is 11.5 Å². The van der Waals surface area contributed by atoms with E-state index in [-0.39, 0.29) is 11.8 Å². The van der Waals surface area contributed by atoms with E-state index in [4.69, 9.17) is 0 Å². The second kappa shape index (κ2) is 5.84. The number of amides is 2. The van der Waals surface area contributed by atoms with Crippen LogP contribution in [-0.4, -0.2) is 28.3 Å². The van der Waals surface area contributed by atoms with Gasteiger partial charge in [-0.3, -0.25) is 19.5 Å². The molecule has 0 spiro atoms. The highest BCUT2D eigenvalue weighted by molar-refractivity contribution is 7.14. The molecule has 2 amide bonds. The molecule has 0 aromatic carbocycles. The molecule has 0 saturated heterocycles. The van der Waals surface area contributed by atoms with Crippen molar-refractivity contribution in [2.75, 3.05) is 16.8 Å². The number of aryl methyl sites for hydroxylation is 2. The molecule has 0 unspecified atom stereocenters. The molecule has 3 rings (SSSR count). The molecule has 1 aliphatic heterocycles. The Labute approximate surface area is 132 Å². The van der Waals surface area contributed by atoms with Crippen LogP contribution in [0.2, 0.25) is 0 Å². The van der Waals surface area contributed by atoms with Gasteiger partial charge in [0.25, 0.3) is 5.91 Å². The van der Waals surface area contributed by atoms with Crippen LogP contribution in [0, 0.1) is 6.92 Å². The number of nitrogens with zero attached hydrogens (tertiary/aromatic N) is 3. The SMILES string of the molecule is CC(=O)N1CCCc2sc(C(=O)Nc3cccnc3C)nc21. The molecule has 1 N–H and O–H groups in total. The summed E-state index contributed by atoms with van der Waals surface area (Å²) in [5, 5.41) is 3.20. The summed E-state index contributed by atoms with van der Waals surface area (Å²) in [4.78, 5) is 35.2. The minimum absolute atomic E-state index is 0.0405. The van der Waals surface area contributed by atoms with Crippen LogP contribution in [0.25, 0.3) is 0 Å². The average Bonchev–Trinajstić information content (AvgIpc) is 2.93. The lowest BCUT2D eigenvalue weighted by molar-refractivity contribution is -0.116. The third-order valence-corrected chi connectivity index (χ3v) is 4.65. The monoisotopic (exact) mass is 316 g/mol. The van der Waals surface area contributed by atoms with Crippen LogP contribution < -0.4 is 10.2 Å². The van der Waals surface area contributed by atoms with Crippen molar-refractivity contribution >= 4 is 34.7 Å². The Hall–Kier alpha value is -2.28. The molecule has 0 saturated carbocycles. The van der Waals surface area contributed by atoms with Gasteiger partial charge in [0.05, 0.1) is 11.4 Å². The van der Waals surface area contributed by atoms with E-state index in [0.29, 0.717) is 23.1 Å². The zero-order chi connectivity index (χ0) is 15.7. The number of rotatable bonds is 2. The van der Waals surface area contributed by atoms with Crippen LogP contribution in [-0.2, 0) is 11.2 Å². The van der Waals surface area contributed by atoms with Gasteiger partial charge in [0, 0.05) is 24.5 Å². The van der Waals surface area contributed by atoms with Crippen molar-refractivity contribution in [3.05, 3.63) is 33.9 Å². The van der Waals surface area contributed by atoms with Gasteiger partial charge in [0.1, 0.15) is 5.82 Å². The first-order valence-electron chi connectivity index (χ1n) is 7.07. The fourth-order valence-electron chi connectivity index (χ4n) is 2.42. The summed E-state index contributed by atoms with van der Waals surface area (Å²) in [6.07, 6.45) is 3.44. The van der Waals surface area contributed by atoms with E-state index in [9.17, 15) is 9.59 Å². The van der Waals surface area contributed by atoms with Crippen LogP contribution in [0.1, 0.15) is 33.7 Å². The van der Waals surface area contributed by atoms with Crippen molar-refractivity contribution in [1.29, 1.82) is 0 Å². The first-order chi connectivity index (χ1) is 10.6. The maximum absolute atomic E-state index is 12.4. The Kier molecular flexibility index (Phi) is 3.89. The number of carbonyl (C=O) groups is 2. The molecule has 2 aromatic heterocycles. The van der Waals surface area contributed by atoms with E-state index < -0.39 is 0 Å². The molecule has 6 nitrogen and oxygen atoms in total. The summed E-state index contributed by atoms with van der Waals surface area (Å²) < 4.78 is 0. The fraction of sp³-hybridized carbons (Fsp3) is 0.333. The molecule has 0 atom stereocenters. The maximum Gasteiger partial charge on any atom is 0.284 e. The number of fused-ring (bicyclic) bond motifs is 1. The van der Waals surface area contributed by atoms with Gasteiger partial charge in [0.15, 0.2) is 5.01 Å². The van der Waals surface area contributed by atoms with Gasteiger partial charge in [-0.05, 0) is 31.9 Å². The van der Waals surface area contributed by atoms with Gasteiger partial charge in [-0.25, -0.2) is 4.98 Å². The zero-order valence-electron chi connectivity index (χ0n) is 12.4. The number of anilines is 2. The molecule has 3 heterocycles. The largest absolute Gasteiger partial charge is 0.318 e. The van der Waals surface area contributed by atoms with Crippen molar-refractivity contribution in [2.24, 2.45) is 0 Å². The van der Waals surface area contributed by atoms with Crippen LogP contribution >= 0.6 is 11.3 Å². The first-order valence-corrected chi connectivity index (χ1v) is 7.88. The third kappa shape index (κ3) is 2.71. The highest BCUT2D eigenvalue weighted by Gasteiger charge is 2.26. The predicted octanol–water partition coefficient (Wildman–Crippen LogP) is 2.40. The number of hydrogen-bond donors (Lipinski definition) is 1. The summed E-state index contributed by atoms with van der Waals surface area (Å²) in [6, 6.07) is 3.57. The van der Waals surface area contributed by atoms with Crippen molar-refractivity contribution in [3.63, 3.8) is 0 Å². The van der Waals surface area contributed by atoms with Gasteiger partial charge in [-0.15, -0.1) is 11.3 Å². The Morgan fingerprint density at radius 2 is 2.23 bits per heavy atom. The van der Waals surface area contributed by atoms with Gasteiger partial charge >= 0.3 is 0 Å². The lowest BCUT2D eigenvalue weighted by Gasteiger charge is -2.23. The first kappa shape index (κ1) is 14.6. The second-order valence-electron chi connectivity index (χ2n) is 5.13.